The van der Waals surface area contributed by atoms with E-state index >= 15 is 0 Å². The minimum absolute atomic E-state index is 0.472. The number of urea groups is 1. The van der Waals surface area contributed by atoms with Crippen molar-refractivity contribution >= 4 is 29.6 Å². The first-order chi connectivity index (χ1) is 6.09. The van der Waals surface area contributed by atoms with E-state index in [4.69, 9.17) is 17.3 Å². The maximum absolute atomic E-state index is 10.7. The monoisotopic (exact) mass is 216 g/mol. The minimum Gasteiger partial charge on any atom is -0.351 e. The van der Waals surface area contributed by atoms with Gasteiger partial charge in [-0.1, -0.05) is 11.6 Å². The highest BCUT2D eigenvalue weighted by molar-refractivity contribution is 7.97. The van der Waals surface area contributed by atoms with E-state index in [2.05, 4.69) is 0 Å². The molecule has 0 radical (unpaired) electrons. The van der Waals surface area contributed by atoms with Crippen molar-refractivity contribution < 1.29 is 4.79 Å². The van der Waals surface area contributed by atoms with Crippen LogP contribution in [0.15, 0.2) is 29.2 Å². The Kier molecular flexibility index (Phi) is 3.45. The van der Waals surface area contributed by atoms with Crippen molar-refractivity contribution in [3.8, 4) is 0 Å². The predicted octanol–water partition coefficient (Wildman–Crippen LogP) is 2.36. The van der Waals surface area contributed by atoms with E-state index in [1.165, 1.54) is 16.3 Å². The third-order valence-corrected chi connectivity index (χ3v) is 2.56. The summed E-state index contributed by atoms with van der Waals surface area (Å²) in [6, 6.07) is 6.70. The molecule has 70 valence electrons. The molecule has 0 aliphatic rings. The molecular formula is C8H9ClN2OS. The van der Waals surface area contributed by atoms with Crippen molar-refractivity contribution in [2.24, 2.45) is 5.73 Å². The third-order valence-electron chi connectivity index (χ3n) is 1.37. The quantitative estimate of drug-likeness (QED) is 0.772. The van der Waals surface area contributed by atoms with E-state index in [0.717, 1.165) is 4.90 Å². The standard InChI is InChI=1S/C8H9ClN2OS/c1-11(8(10)12)13-7-4-2-6(9)3-5-7/h2-5H,1H3,(H2,10,12). The average molecular weight is 217 g/mol. The molecule has 13 heavy (non-hydrogen) atoms. The number of carbonyl (C=O) groups is 1. The highest BCUT2D eigenvalue weighted by Gasteiger charge is 2.04. The van der Waals surface area contributed by atoms with Gasteiger partial charge >= 0.3 is 6.03 Å². The summed E-state index contributed by atoms with van der Waals surface area (Å²) in [6.07, 6.45) is 0. The van der Waals surface area contributed by atoms with E-state index < -0.39 is 6.03 Å². The van der Waals surface area contributed by atoms with Crippen LogP contribution in [0.1, 0.15) is 0 Å². The van der Waals surface area contributed by atoms with Gasteiger partial charge in [-0.25, -0.2) is 4.79 Å². The molecule has 0 unspecified atom stereocenters. The summed E-state index contributed by atoms with van der Waals surface area (Å²) in [6.45, 7) is 0. The summed E-state index contributed by atoms with van der Waals surface area (Å²) < 4.78 is 1.35. The Labute approximate surface area is 86.0 Å². The lowest BCUT2D eigenvalue weighted by Gasteiger charge is -2.11. The number of primary amides is 1. The summed E-state index contributed by atoms with van der Waals surface area (Å²) in [7, 11) is 1.61. The van der Waals surface area contributed by atoms with Crippen molar-refractivity contribution in [3.63, 3.8) is 0 Å². The van der Waals surface area contributed by atoms with Gasteiger partial charge in [-0.15, -0.1) is 0 Å². The number of nitrogens with two attached hydrogens (primary N) is 1. The predicted molar refractivity (Wildman–Crippen MR) is 54.7 cm³/mol. The normalized spacial score (nSPS) is 9.69. The number of benzene rings is 1. The zero-order valence-corrected chi connectivity index (χ0v) is 8.60. The smallest absolute Gasteiger partial charge is 0.324 e. The SMILES string of the molecule is CN(Sc1ccc(Cl)cc1)C(N)=O. The second kappa shape index (κ2) is 4.39. The van der Waals surface area contributed by atoms with Gasteiger partial charge in [0.25, 0.3) is 0 Å². The molecule has 1 rings (SSSR count). The summed E-state index contributed by atoms with van der Waals surface area (Å²) in [4.78, 5) is 11.6. The molecule has 0 saturated carbocycles. The molecule has 1 aromatic carbocycles. The van der Waals surface area contributed by atoms with Crippen molar-refractivity contribution in [3.05, 3.63) is 29.3 Å². The molecule has 0 aliphatic carbocycles. The molecule has 0 saturated heterocycles. The number of carbonyl (C=O) groups excluding carboxylic acids is 1. The molecule has 2 N–H and O–H groups in total. The number of halogens is 1. The maximum atomic E-state index is 10.7. The van der Waals surface area contributed by atoms with E-state index in [9.17, 15) is 4.79 Å². The van der Waals surface area contributed by atoms with Crippen LogP contribution in [0.2, 0.25) is 5.02 Å². The van der Waals surface area contributed by atoms with Gasteiger partial charge in [-0.2, -0.15) is 0 Å². The van der Waals surface area contributed by atoms with Gasteiger partial charge in [0.2, 0.25) is 0 Å². The van der Waals surface area contributed by atoms with Gasteiger partial charge in [-0.05, 0) is 36.2 Å². The Morgan fingerprint density at radius 3 is 2.46 bits per heavy atom. The molecule has 0 atom stereocenters. The van der Waals surface area contributed by atoms with Gasteiger partial charge < -0.3 is 5.73 Å². The minimum atomic E-state index is -0.472. The molecule has 0 bridgehead atoms. The van der Waals surface area contributed by atoms with Crippen molar-refractivity contribution in [2.75, 3.05) is 7.05 Å². The highest BCUT2D eigenvalue weighted by atomic mass is 35.5. The molecule has 0 aliphatic heterocycles. The zero-order chi connectivity index (χ0) is 9.84. The molecule has 5 heteroatoms. The van der Waals surface area contributed by atoms with Crippen LogP contribution < -0.4 is 5.73 Å². The Bertz CT molecular complexity index is 302. The number of rotatable bonds is 2. The van der Waals surface area contributed by atoms with E-state index in [1.54, 1.807) is 19.2 Å². The molecule has 0 aromatic heterocycles. The summed E-state index contributed by atoms with van der Waals surface area (Å²) in [5.41, 5.74) is 5.05. The van der Waals surface area contributed by atoms with Crippen LogP contribution in [0.4, 0.5) is 4.79 Å². The van der Waals surface area contributed by atoms with Gasteiger partial charge in [0.15, 0.2) is 0 Å². The van der Waals surface area contributed by atoms with Crippen LogP contribution in [0.3, 0.4) is 0 Å². The van der Waals surface area contributed by atoms with Gasteiger partial charge in [0, 0.05) is 17.0 Å². The maximum Gasteiger partial charge on any atom is 0.324 e. The van der Waals surface area contributed by atoms with Crippen LogP contribution >= 0.6 is 23.5 Å². The summed E-state index contributed by atoms with van der Waals surface area (Å²) in [5.74, 6) is 0. The number of hydrogen-bond acceptors (Lipinski definition) is 2. The van der Waals surface area contributed by atoms with E-state index in [0.29, 0.717) is 5.02 Å². The zero-order valence-electron chi connectivity index (χ0n) is 7.03. The number of hydrogen-bond donors (Lipinski definition) is 1. The lowest BCUT2D eigenvalue weighted by molar-refractivity contribution is 0.239. The fraction of sp³-hybridized carbons (Fsp3) is 0.125. The second-order valence-corrected chi connectivity index (χ2v) is 4.02. The Balaban J connectivity index is 2.64. The Morgan fingerprint density at radius 2 is 2.00 bits per heavy atom. The lowest BCUT2D eigenvalue weighted by Crippen LogP contribution is -2.25. The topological polar surface area (TPSA) is 46.3 Å². The molecule has 0 heterocycles. The van der Waals surface area contributed by atoms with Crippen LogP contribution in [-0.2, 0) is 0 Å². The summed E-state index contributed by atoms with van der Waals surface area (Å²) >= 11 is 6.96. The van der Waals surface area contributed by atoms with Gasteiger partial charge in [0.05, 0.1) is 0 Å². The van der Waals surface area contributed by atoms with Crippen LogP contribution in [-0.4, -0.2) is 17.4 Å². The molecule has 2 amide bonds. The highest BCUT2D eigenvalue weighted by Crippen LogP contribution is 2.22. The fourth-order valence-corrected chi connectivity index (χ4v) is 1.49. The lowest BCUT2D eigenvalue weighted by atomic mass is 10.4. The first-order valence-corrected chi connectivity index (χ1v) is 4.71. The molecule has 3 nitrogen and oxygen atoms in total. The molecular weight excluding hydrogens is 208 g/mol. The van der Waals surface area contributed by atoms with E-state index in [1.807, 2.05) is 12.1 Å². The number of amides is 2. The van der Waals surface area contributed by atoms with Crippen LogP contribution in [0, 0.1) is 0 Å². The van der Waals surface area contributed by atoms with Crippen molar-refractivity contribution in [2.45, 2.75) is 4.90 Å². The third kappa shape index (κ3) is 3.16. The van der Waals surface area contributed by atoms with Crippen molar-refractivity contribution in [1.82, 2.24) is 4.31 Å². The fourth-order valence-electron chi connectivity index (χ4n) is 0.699. The van der Waals surface area contributed by atoms with Crippen LogP contribution in [0.5, 0.6) is 0 Å². The largest absolute Gasteiger partial charge is 0.351 e. The van der Waals surface area contributed by atoms with Gasteiger partial charge in [-0.3, -0.25) is 4.31 Å². The Morgan fingerprint density at radius 1 is 1.46 bits per heavy atom. The number of nitrogens with zero attached hydrogens (tertiary/aromatic N) is 1. The summed E-state index contributed by atoms with van der Waals surface area (Å²) in [5, 5.41) is 0.672. The molecule has 1 aromatic rings. The molecule has 0 spiro atoms. The molecule has 0 fully saturated rings. The van der Waals surface area contributed by atoms with Crippen LogP contribution in [0.25, 0.3) is 0 Å². The first-order valence-electron chi connectivity index (χ1n) is 3.56. The van der Waals surface area contributed by atoms with Crippen molar-refractivity contribution in [1.29, 1.82) is 0 Å². The van der Waals surface area contributed by atoms with E-state index in [-0.39, 0.29) is 0 Å². The van der Waals surface area contributed by atoms with Gasteiger partial charge in [0.1, 0.15) is 0 Å². The first kappa shape index (κ1) is 10.2. The average Bonchev–Trinajstić information content (AvgIpc) is 2.08. The second-order valence-electron chi connectivity index (χ2n) is 2.38. The Hall–Kier alpha value is -0.870.